The summed E-state index contributed by atoms with van der Waals surface area (Å²) in [5.74, 6) is -0.424. The summed E-state index contributed by atoms with van der Waals surface area (Å²) in [5, 5.41) is 6.33. The number of nitrogen functional groups attached to an aromatic ring is 2. The van der Waals surface area contributed by atoms with Crippen LogP contribution in [0, 0.1) is 0 Å². The highest BCUT2D eigenvalue weighted by atomic mass is 16.7. The van der Waals surface area contributed by atoms with Gasteiger partial charge in [-0.1, -0.05) is 12.2 Å². The Kier molecular flexibility index (Phi) is 10.7. The summed E-state index contributed by atoms with van der Waals surface area (Å²) in [5.41, 5.74) is 25.1. The number of ether oxygens (including phenoxy) is 4. The van der Waals surface area contributed by atoms with Crippen molar-refractivity contribution in [1.29, 1.82) is 0 Å². The molecule has 0 aromatic heterocycles. The Balaban J connectivity index is 2.03. The van der Waals surface area contributed by atoms with Gasteiger partial charge in [0.05, 0.1) is 25.1 Å². The molecule has 0 saturated carbocycles. The Bertz CT molecular complexity index is 1090. The fourth-order valence-corrected chi connectivity index (χ4v) is 3.30. The Hall–Kier alpha value is -4.16. The zero-order chi connectivity index (χ0) is 26.7. The fraction of sp³-hybridized carbons (Fsp3) is 0.333. The molecule has 36 heavy (non-hydrogen) atoms. The lowest BCUT2D eigenvalue weighted by atomic mass is 10.1. The van der Waals surface area contributed by atoms with Crippen LogP contribution in [0.25, 0.3) is 0 Å². The molecule has 2 aromatic rings. The van der Waals surface area contributed by atoms with E-state index in [1.54, 1.807) is 0 Å². The number of rotatable bonds is 15. The maximum atomic E-state index is 11.7. The van der Waals surface area contributed by atoms with E-state index in [9.17, 15) is 9.59 Å². The monoisotopic (exact) mass is 502 g/mol. The summed E-state index contributed by atoms with van der Waals surface area (Å²) in [7, 11) is 4.55. The number of carbonyl (C=O) groups excluding carboxylic acids is 2. The van der Waals surface area contributed by atoms with Gasteiger partial charge in [0, 0.05) is 44.9 Å². The summed E-state index contributed by atoms with van der Waals surface area (Å²) in [4.78, 5) is 23.1. The van der Waals surface area contributed by atoms with Gasteiger partial charge in [0.15, 0.2) is 6.29 Å². The lowest BCUT2D eigenvalue weighted by Gasteiger charge is -2.18. The Morgan fingerprint density at radius 2 is 1.31 bits per heavy atom. The number of anilines is 4. The van der Waals surface area contributed by atoms with Crippen molar-refractivity contribution in [3.8, 4) is 11.5 Å². The van der Waals surface area contributed by atoms with Crippen LogP contribution in [-0.4, -0.2) is 59.1 Å². The van der Waals surface area contributed by atoms with Crippen LogP contribution in [0.3, 0.4) is 0 Å². The quantitative estimate of drug-likeness (QED) is 0.118. The molecule has 0 spiro atoms. The normalized spacial score (nSPS) is 11.0. The number of nitrogens with two attached hydrogens (primary N) is 4. The molecule has 0 aliphatic carbocycles. The number of methoxy groups -OCH3 is 3. The van der Waals surface area contributed by atoms with Crippen molar-refractivity contribution in [2.75, 3.05) is 63.1 Å². The average molecular weight is 503 g/mol. The summed E-state index contributed by atoms with van der Waals surface area (Å²) < 4.78 is 21.5. The minimum Gasteiger partial charge on any atom is -0.494 e. The summed E-state index contributed by atoms with van der Waals surface area (Å²) in [6, 6.07) is 6.03. The number of hydrogen-bond donors (Lipinski definition) is 6. The highest BCUT2D eigenvalue weighted by Gasteiger charge is 2.14. The fourth-order valence-electron chi connectivity index (χ4n) is 3.30. The van der Waals surface area contributed by atoms with Crippen LogP contribution in [0.5, 0.6) is 11.5 Å². The topological polar surface area (TPSA) is 199 Å². The molecule has 2 rings (SSSR count). The van der Waals surface area contributed by atoms with Crippen molar-refractivity contribution in [2.45, 2.75) is 12.7 Å². The number of amides is 2. The third kappa shape index (κ3) is 7.68. The molecule has 2 amide bonds. The smallest absolute Gasteiger partial charge is 0.248 e. The van der Waals surface area contributed by atoms with E-state index >= 15 is 0 Å². The van der Waals surface area contributed by atoms with Crippen molar-refractivity contribution in [1.82, 2.24) is 0 Å². The predicted octanol–water partition coefficient (Wildman–Crippen LogP) is 1.53. The van der Waals surface area contributed by atoms with Crippen LogP contribution in [0.2, 0.25) is 0 Å². The van der Waals surface area contributed by atoms with Gasteiger partial charge in [-0.15, -0.1) is 0 Å². The van der Waals surface area contributed by atoms with E-state index < -0.39 is 18.1 Å². The van der Waals surface area contributed by atoms with Gasteiger partial charge in [-0.05, 0) is 24.3 Å². The van der Waals surface area contributed by atoms with E-state index in [4.69, 9.17) is 41.9 Å². The molecule has 0 bridgehead atoms. The lowest BCUT2D eigenvalue weighted by molar-refractivity contribution is -0.110. The standard InChI is InChI=1S/C24H34N6O6/c1-33-18-12-14(23(27)31)10-16(25)21(18)29-7-4-5-8-30-22-17(26)11-15(24(28)32)13-19(22)36-9-6-20(34-2)35-3/h4-5,10-13,20,29-30H,6-9,25-26H2,1-3H3,(H2,27,31)(H2,28,32)/b5-4+. The molecule has 0 aliphatic heterocycles. The second-order valence-corrected chi connectivity index (χ2v) is 7.58. The van der Waals surface area contributed by atoms with Crippen LogP contribution in [-0.2, 0) is 9.47 Å². The maximum Gasteiger partial charge on any atom is 0.248 e. The number of benzene rings is 2. The highest BCUT2D eigenvalue weighted by Crippen LogP contribution is 2.33. The van der Waals surface area contributed by atoms with Crippen LogP contribution in [0.1, 0.15) is 27.1 Å². The zero-order valence-corrected chi connectivity index (χ0v) is 20.6. The maximum absolute atomic E-state index is 11.7. The van der Waals surface area contributed by atoms with Crippen molar-refractivity contribution in [3.05, 3.63) is 47.5 Å². The van der Waals surface area contributed by atoms with Gasteiger partial charge in [-0.3, -0.25) is 9.59 Å². The molecule has 12 nitrogen and oxygen atoms in total. The molecule has 12 heteroatoms. The molecule has 0 saturated heterocycles. The van der Waals surface area contributed by atoms with Gasteiger partial charge in [-0.2, -0.15) is 0 Å². The van der Waals surface area contributed by atoms with Crippen molar-refractivity contribution in [3.63, 3.8) is 0 Å². The Labute approximate surface area is 209 Å². The van der Waals surface area contributed by atoms with E-state index in [2.05, 4.69) is 10.6 Å². The number of carbonyl (C=O) groups is 2. The molecular weight excluding hydrogens is 468 g/mol. The van der Waals surface area contributed by atoms with Crippen LogP contribution in [0.4, 0.5) is 22.7 Å². The van der Waals surface area contributed by atoms with E-state index in [0.717, 1.165) is 0 Å². The van der Waals surface area contributed by atoms with Crippen LogP contribution in [0.15, 0.2) is 36.4 Å². The second-order valence-electron chi connectivity index (χ2n) is 7.58. The molecule has 0 atom stereocenters. The minimum atomic E-state index is -0.616. The summed E-state index contributed by atoms with van der Waals surface area (Å²) in [6.07, 6.45) is 3.77. The van der Waals surface area contributed by atoms with E-state index in [0.29, 0.717) is 53.8 Å². The molecule has 0 unspecified atom stereocenters. The first-order valence-electron chi connectivity index (χ1n) is 11.0. The van der Waals surface area contributed by atoms with Crippen molar-refractivity contribution < 1.29 is 28.5 Å². The van der Waals surface area contributed by atoms with Crippen molar-refractivity contribution in [2.24, 2.45) is 11.5 Å². The Morgan fingerprint density at radius 3 is 1.75 bits per heavy atom. The second kappa shape index (κ2) is 13.7. The number of nitrogens with one attached hydrogen (secondary N) is 2. The zero-order valence-electron chi connectivity index (χ0n) is 20.6. The van der Waals surface area contributed by atoms with Gasteiger partial charge >= 0.3 is 0 Å². The summed E-state index contributed by atoms with van der Waals surface area (Å²) in [6.45, 7) is 1.09. The molecule has 10 N–H and O–H groups in total. The van der Waals surface area contributed by atoms with E-state index in [1.807, 2.05) is 12.2 Å². The largest absolute Gasteiger partial charge is 0.494 e. The molecule has 196 valence electrons. The number of primary amides is 2. The van der Waals surface area contributed by atoms with Gasteiger partial charge in [0.2, 0.25) is 11.8 Å². The third-order valence-electron chi connectivity index (χ3n) is 5.15. The number of hydrogen-bond acceptors (Lipinski definition) is 10. The van der Waals surface area contributed by atoms with E-state index in [-0.39, 0.29) is 17.7 Å². The molecule has 0 heterocycles. The molecule has 0 fully saturated rings. The molecule has 0 radical (unpaired) electrons. The first-order chi connectivity index (χ1) is 17.2. The molecule has 2 aromatic carbocycles. The van der Waals surface area contributed by atoms with Crippen LogP contribution >= 0.6 is 0 Å². The van der Waals surface area contributed by atoms with Gasteiger partial charge in [0.25, 0.3) is 0 Å². The first-order valence-corrected chi connectivity index (χ1v) is 11.0. The third-order valence-corrected chi connectivity index (χ3v) is 5.15. The average Bonchev–Trinajstić information content (AvgIpc) is 2.85. The minimum absolute atomic E-state index is 0.233. The molecule has 0 aliphatic rings. The van der Waals surface area contributed by atoms with Crippen LogP contribution < -0.4 is 43.0 Å². The Morgan fingerprint density at radius 1 is 0.833 bits per heavy atom. The highest BCUT2D eigenvalue weighted by molar-refractivity contribution is 5.97. The SMILES string of the molecule is COc1cc(C(N)=O)cc(N)c1NC/C=C/CNc1c(N)cc(C(N)=O)cc1OCCC(OC)OC. The molecular formula is C24H34N6O6. The summed E-state index contributed by atoms with van der Waals surface area (Å²) >= 11 is 0. The first kappa shape index (κ1) is 28.1. The lowest BCUT2D eigenvalue weighted by Crippen LogP contribution is -2.18. The van der Waals surface area contributed by atoms with Gasteiger partial charge in [0.1, 0.15) is 22.9 Å². The van der Waals surface area contributed by atoms with Gasteiger partial charge in [-0.25, -0.2) is 0 Å². The predicted molar refractivity (Wildman–Crippen MR) is 139 cm³/mol. The van der Waals surface area contributed by atoms with E-state index in [1.165, 1.54) is 45.6 Å². The van der Waals surface area contributed by atoms with Gasteiger partial charge < -0.3 is 52.5 Å². The van der Waals surface area contributed by atoms with Crippen molar-refractivity contribution >= 4 is 34.6 Å².